The van der Waals surface area contributed by atoms with E-state index in [4.69, 9.17) is 9.47 Å². The van der Waals surface area contributed by atoms with E-state index in [1.165, 1.54) is 32.1 Å². The summed E-state index contributed by atoms with van der Waals surface area (Å²) in [4.78, 5) is 12.3. The van der Waals surface area contributed by atoms with Crippen molar-refractivity contribution in [2.45, 2.75) is 103 Å². The zero-order valence-corrected chi connectivity index (χ0v) is 22.5. The number of aliphatic hydroxyl groups is 1. The summed E-state index contributed by atoms with van der Waals surface area (Å²) in [5, 5.41) is 11.3. The SMILES string of the molecule is CCCCCCCCOc1ccc(-c2ccc(C3(O)CCC(C(=O)OCCCCC)CC3)cc2)cc1. The van der Waals surface area contributed by atoms with Crippen LogP contribution in [0.3, 0.4) is 0 Å². The standard InChI is InChI=1S/C32H46O4/c1-3-5-7-8-9-11-24-35-30-18-14-27(15-19-30)26-12-16-29(17-13-26)32(34)22-20-28(21-23-32)31(33)36-25-10-6-4-2/h12-19,28,34H,3-11,20-25H2,1-2H3. The van der Waals surface area contributed by atoms with E-state index in [9.17, 15) is 9.90 Å². The van der Waals surface area contributed by atoms with Gasteiger partial charge in [-0.1, -0.05) is 95.2 Å². The van der Waals surface area contributed by atoms with E-state index in [-0.39, 0.29) is 11.9 Å². The second-order valence-electron chi connectivity index (χ2n) is 10.4. The summed E-state index contributed by atoms with van der Waals surface area (Å²) in [6, 6.07) is 16.5. The summed E-state index contributed by atoms with van der Waals surface area (Å²) in [6.45, 7) is 5.67. The maximum atomic E-state index is 12.3. The number of hydrogen-bond donors (Lipinski definition) is 1. The second kappa shape index (κ2) is 15.0. The molecule has 2 aromatic rings. The molecule has 1 N–H and O–H groups in total. The van der Waals surface area contributed by atoms with Crippen molar-refractivity contribution < 1.29 is 19.4 Å². The fourth-order valence-electron chi connectivity index (χ4n) is 5.05. The van der Waals surface area contributed by atoms with Gasteiger partial charge in [0.05, 0.1) is 24.7 Å². The van der Waals surface area contributed by atoms with Gasteiger partial charge in [0.25, 0.3) is 0 Å². The van der Waals surface area contributed by atoms with Crippen molar-refractivity contribution in [3.05, 3.63) is 54.1 Å². The number of ether oxygens (including phenoxy) is 2. The molecule has 0 unspecified atom stereocenters. The van der Waals surface area contributed by atoms with Crippen molar-refractivity contribution >= 4 is 5.97 Å². The Kier molecular flexibility index (Phi) is 11.8. The molecule has 2 aromatic carbocycles. The molecule has 1 aliphatic carbocycles. The third-order valence-electron chi connectivity index (χ3n) is 7.51. The predicted octanol–water partition coefficient (Wildman–Crippen LogP) is 8.20. The molecule has 0 aliphatic heterocycles. The Morgan fingerprint density at radius 2 is 1.31 bits per heavy atom. The molecule has 0 saturated heterocycles. The van der Waals surface area contributed by atoms with Crippen molar-refractivity contribution in [2.24, 2.45) is 5.92 Å². The van der Waals surface area contributed by atoms with E-state index in [1.54, 1.807) is 0 Å². The van der Waals surface area contributed by atoms with Gasteiger partial charge in [-0.3, -0.25) is 4.79 Å². The van der Waals surface area contributed by atoms with Gasteiger partial charge >= 0.3 is 5.97 Å². The molecule has 0 heterocycles. The molecule has 36 heavy (non-hydrogen) atoms. The monoisotopic (exact) mass is 494 g/mol. The van der Waals surface area contributed by atoms with Crippen LogP contribution in [0.2, 0.25) is 0 Å². The third-order valence-corrected chi connectivity index (χ3v) is 7.51. The zero-order valence-electron chi connectivity index (χ0n) is 22.5. The molecule has 4 nitrogen and oxygen atoms in total. The number of carbonyl (C=O) groups is 1. The molecule has 0 aromatic heterocycles. The average molecular weight is 495 g/mol. The Balaban J connectivity index is 1.45. The predicted molar refractivity (Wildman–Crippen MR) is 147 cm³/mol. The van der Waals surface area contributed by atoms with E-state index in [1.807, 2.05) is 24.3 Å². The van der Waals surface area contributed by atoms with Gasteiger partial charge in [0, 0.05) is 0 Å². The van der Waals surface area contributed by atoms with Gasteiger partial charge in [-0.15, -0.1) is 0 Å². The largest absolute Gasteiger partial charge is 0.494 e. The molecule has 0 amide bonds. The smallest absolute Gasteiger partial charge is 0.308 e. The van der Waals surface area contributed by atoms with Gasteiger partial charge < -0.3 is 14.6 Å². The lowest BCUT2D eigenvalue weighted by Crippen LogP contribution is -2.34. The number of benzene rings is 2. The van der Waals surface area contributed by atoms with Gasteiger partial charge in [-0.25, -0.2) is 0 Å². The van der Waals surface area contributed by atoms with Gasteiger partial charge in [0.15, 0.2) is 0 Å². The minimum atomic E-state index is -0.869. The van der Waals surface area contributed by atoms with Crippen LogP contribution in [-0.4, -0.2) is 24.3 Å². The van der Waals surface area contributed by atoms with Gasteiger partial charge in [-0.05, 0) is 67.3 Å². The lowest BCUT2D eigenvalue weighted by atomic mass is 9.75. The van der Waals surface area contributed by atoms with Gasteiger partial charge in [0.1, 0.15) is 5.75 Å². The molecule has 1 fully saturated rings. The first-order chi connectivity index (χ1) is 17.6. The molecule has 0 atom stereocenters. The molecule has 4 heteroatoms. The number of unbranched alkanes of at least 4 members (excludes halogenated alkanes) is 7. The van der Waals surface area contributed by atoms with Crippen molar-refractivity contribution in [3.63, 3.8) is 0 Å². The van der Waals surface area contributed by atoms with E-state index in [2.05, 4.69) is 38.1 Å². The lowest BCUT2D eigenvalue weighted by Gasteiger charge is -2.35. The minimum absolute atomic E-state index is 0.0898. The van der Waals surface area contributed by atoms with Crippen LogP contribution in [0.5, 0.6) is 5.75 Å². The molecular weight excluding hydrogens is 448 g/mol. The zero-order chi connectivity index (χ0) is 25.6. The highest BCUT2D eigenvalue weighted by Crippen LogP contribution is 2.40. The van der Waals surface area contributed by atoms with Crippen molar-refractivity contribution in [2.75, 3.05) is 13.2 Å². The van der Waals surface area contributed by atoms with Crippen LogP contribution in [0.4, 0.5) is 0 Å². The number of carbonyl (C=O) groups excluding carboxylic acids is 1. The summed E-state index contributed by atoms with van der Waals surface area (Å²) in [7, 11) is 0. The van der Waals surface area contributed by atoms with Crippen LogP contribution < -0.4 is 4.74 Å². The van der Waals surface area contributed by atoms with E-state index >= 15 is 0 Å². The summed E-state index contributed by atoms with van der Waals surface area (Å²) in [5.74, 6) is 0.731. The van der Waals surface area contributed by atoms with Crippen LogP contribution in [0.25, 0.3) is 11.1 Å². The molecule has 1 saturated carbocycles. The Hall–Kier alpha value is -2.33. The van der Waals surface area contributed by atoms with Crippen LogP contribution in [0.15, 0.2) is 48.5 Å². The second-order valence-corrected chi connectivity index (χ2v) is 10.4. The van der Waals surface area contributed by atoms with Gasteiger partial charge in [-0.2, -0.15) is 0 Å². The first kappa shape index (κ1) is 28.2. The Morgan fingerprint density at radius 1 is 0.778 bits per heavy atom. The summed E-state index contributed by atoms with van der Waals surface area (Å²) < 4.78 is 11.4. The summed E-state index contributed by atoms with van der Waals surface area (Å²) in [6.07, 6.45) is 13.2. The lowest BCUT2D eigenvalue weighted by molar-refractivity contribution is -0.152. The highest BCUT2D eigenvalue weighted by Gasteiger charge is 2.37. The van der Waals surface area contributed by atoms with Crippen molar-refractivity contribution in [1.82, 2.24) is 0 Å². The first-order valence-electron chi connectivity index (χ1n) is 14.3. The van der Waals surface area contributed by atoms with Crippen molar-refractivity contribution in [3.8, 4) is 16.9 Å². The highest BCUT2D eigenvalue weighted by atomic mass is 16.5. The molecule has 0 bridgehead atoms. The average Bonchev–Trinajstić information content (AvgIpc) is 2.91. The molecule has 0 radical (unpaired) electrons. The Bertz CT molecular complexity index is 879. The number of rotatable bonds is 15. The highest BCUT2D eigenvalue weighted by molar-refractivity contribution is 5.72. The number of hydrogen-bond acceptors (Lipinski definition) is 4. The molecule has 198 valence electrons. The normalized spacial score (nSPS) is 19.7. The quantitative estimate of drug-likeness (QED) is 0.200. The third kappa shape index (κ3) is 8.65. The Morgan fingerprint density at radius 3 is 1.94 bits per heavy atom. The molecule has 0 spiro atoms. The minimum Gasteiger partial charge on any atom is -0.494 e. The summed E-state index contributed by atoms with van der Waals surface area (Å²) >= 11 is 0. The summed E-state index contributed by atoms with van der Waals surface area (Å²) in [5.41, 5.74) is 2.32. The van der Waals surface area contributed by atoms with Crippen molar-refractivity contribution in [1.29, 1.82) is 0 Å². The first-order valence-corrected chi connectivity index (χ1v) is 14.3. The van der Waals surface area contributed by atoms with Crippen LogP contribution in [0, 0.1) is 5.92 Å². The molecule has 1 aliphatic rings. The molecule has 3 rings (SSSR count). The van der Waals surface area contributed by atoms with E-state index in [0.29, 0.717) is 32.3 Å². The maximum absolute atomic E-state index is 12.3. The fraction of sp³-hybridized carbons (Fsp3) is 0.594. The Labute approximate surface area is 218 Å². The van der Waals surface area contributed by atoms with Gasteiger partial charge in [0.2, 0.25) is 0 Å². The maximum Gasteiger partial charge on any atom is 0.308 e. The van der Waals surface area contributed by atoms with Crippen LogP contribution in [-0.2, 0) is 15.1 Å². The van der Waals surface area contributed by atoms with Crippen LogP contribution in [0.1, 0.15) is 103 Å². The van der Waals surface area contributed by atoms with E-state index < -0.39 is 5.60 Å². The fourth-order valence-corrected chi connectivity index (χ4v) is 5.05. The topological polar surface area (TPSA) is 55.8 Å². The number of esters is 1. The van der Waals surface area contributed by atoms with E-state index in [0.717, 1.165) is 54.7 Å². The molecular formula is C32H46O4. The van der Waals surface area contributed by atoms with Crippen LogP contribution >= 0.6 is 0 Å².